The topological polar surface area (TPSA) is 46.8 Å². The first-order chi connectivity index (χ1) is 10.6. The summed E-state index contributed by atoms with van der Waals surface area (Å²) in [5.41, 5.74) is 2.42. The number of carbonyl (C=O) groups is 1. The molecule has 0 aliphatic carbocycles. The van der Waals surface area contributed by atoms with E-state index in [0.29, 0.717) is 17.6 Å². The van der Waals surface area contributed by atoms with Crippen molar-refractivity contribution >= 4 is 11.6 Å². The van der Waals surface area contributed by atoms with E-state index in [4.69, 9.17) is 4.74 Å². The fraction of sp³-hybridized carbons (Fsp3) is 0.529. The maximum absolute atomic E-state index is 11.6. The van der Waals surface area contributed by atoms with Gasteiger partial charge in [-0.25, -0.2) is 9.78 Å². The molecule has 1 aliphatic heterocycles. The first kappa shape index (κ1) is 15.0. The van der Waals surface area contributed by atoms with E-state index in [1.807, 2.05) is 10.6 Å². The number of nitrogens with zero attached hydrogens (tertiary/aromatic N) is 3. The molecule has 1 unspecified atom stereocenters. The van der Waals surface area contributed by atoms with Crippen LogP contribution in [-0.2, 0) is 11.2 Å². The Morgan fingerprint density at radius 1 is 1.50 bits per heavy atom. The molecule has 0 N–H and O–H groups in total. The summed E-state index contributed by atoms with van der Waals surface area (Å²) in [4.78, 5) is 18.8. The lowest BCUT2D eigenvalue weighted by atomic mass is 10.1. The molecular formula is C17H23N3O2. The maximum Gasteiger partial charge on any atom is 0.338 e. The van der Waals surface area contributed by atoms with E-state index < -0.39 is 0 Å². The van der Waals surface area contributed by atoms with Gasteiger partial charge in [-0.2, -0.15) is 0 Å². The Morgan fingerprint density at radius 2 is 2.32 bits per heavy atom. The normalized spacial score (nSPS) is 19.2. The third-order valence-electron chi connectivity index (χ3n) is 4.46. The number of ether oxygens (including phenoxy) is 1. The Hall–Kier alpha value is -1.88. The molecule has 5 heteroatoms. The Balaban J connectivity index is 1.81. The summed E-state index contributed by atoms with van der Waals surface area (Å²) in [5, 5.41) is 0. The predicted octanol–water partition coefficient (Wildman–Crippen LogP) is 2.54. The minimum absolute atomic E-state index is 0.325. The van der Waals surface area contributed by atoms with Crippen LogP contribution in [0, 0.1) is 0 Å². The third kappa shape index (κ3) is 2.86. The Bertz CT molecular complexity index is 678. The van der Waals surface area contributed by atoms with Crippen molar-refractivity contribution in [1.82, 2.24) is 14.3 Å². The van der Waals surface area contributed by atoms with Gasteiger partial charge in [0.1, 0.15) is 5.65 Å². The van der Waals surface area contributed by atoms with Crippen molar-refractivity contribution in [2.75, 3.05) is 13.7 Å². The zero-order valence-electron chi connectivity index (χ0n) is 13.5. The van der Waals surface area contributed by atoms with Gasteiger partial charge >= 0.3 is 5.97 Å². The van der Waals surface area contributed by atoms with Gasteiger partial charge in [0.15, 0.2) is 0 Å². The van der Waals surface area contributed by atoms with Gasteiger partial charge in [0.2, 0.25) is 0 Å². The molecule has 0 radical (unpaired) electrons. The van der Waals surface area contributed by atoms with Crippen molar-refractivity contribution in [3.8, 4) is 0 Å². The number of hydrogen-bond donors (Lipinski definition) is 0. The minimum Gasteiger partial charge on any atom is -0.465 e. The van der Waals surface area contributed by atoms with E-state index >= 15 is 0 Å². The molecule has 0 aromatic carbocycles. The second-order valence-electron chi connectivity index (χ2n) is 6.24. The van der Waals surface area contributed by atoms with E-state index in [1.54, 1.807) is 12.1 Å². The van der Waals surface area contributed by atoms with E-state index in [-0.39, 0.29) is 5.97 Å². The fourth-order valence-corrected chi connectivity index (χ4v) is 3.38. The molecule has 2 aromatic heterocycles. The molecule has 0 saturated carbocycles. The minimum atomic E-state index is -0.325. The highest BCUT2D eigenvalue weighted by molar-refractivity contribution is 5.90. The van der Waals surface area contributed by atoms with E-state index in [1.165, 1.54) is 26.5 Å². The highest BCUT2D eigenvalue weighted by Gasteiger charge is 2.27. The molecule has 3 rings (SSSR count). The lowest BCUT2D eigenvalue weighted by molar-refractivity contribution is 0.0600. The van der Waals surface area contributed by atoms with Crippen LogP contribution in [0.5, 0.6) is 0 Å². The van der Waals surface area contributed by atoms with Crippen LogP contribution in [0.25, 0.3) is 5.65 Å². The molecule has 1 fully saturated rings. The Morgan fingerprint density at radius 3 is 3.05 bits per heavy atom. The third-order valence-corrected chi connectivity index (χ3v) is 4.46. The maximum atomic E-state index is 11.6. The summed E-state index contributed by atoms with van der Waals surface area (Å²) in [5.74, 6) is -0.325. The summed E-state index contributed by atoms with van der Waals surface area (Å²) < 4.78 is 6.73. The first-order valence-corrected chi connectivity index (χ1v) is 7.90. The van der Waals surface area contributed by atoms with Gasteiger partial charge in [-0.15, -0.1) is 0 Å². The number of pyridine rings is 1. The Labute approximate surface area is 130 Å². The molecule has 0 bridgehead atoms. The Kier molecular flexibility index (Phi) is 4.16. The molecule has 3 heterocycles. The van der Waals surface area contributed by atoms with Crippen molar-refractivity contribution in [3.05, 3.63) is 35.8 Å². The average Bonchev–Trinajstić information content (AvgIpc) is 3.11. The van der Waals surface area contributed by atoms with Crippen LogP contribution in [0.3, 0.4) is 0 Å². The number of imidazole rings is 1. The molecule has 0 spiro atoms. The number of hydrogen-bond acceptors (Lipinski definition) is 4. The zero-order valence-corrected chi connectivity index (χ0v) is 13.5. The summed E-state index contributed by atoms with van der Waals surface area (Å²) in [7, 11) is 1.39. The van der Waals surface area contributed by atoms with Crippen molar-refractivity contribution in [2.24, 2.45) is 0 Å². The van der Waals surface area contributed by atoms with Crippen LogP contribution in [-0.4, -0.2) is 46.0 Å². The lowest BCUT2D eigenvalue weighted by Crippen LogP contribution is -2.36. The molecular weight excluding hydrogens is 278 g/mol. The van der Waals surface area contributed by atoms with Gasteiger partial charge in [-0.3, -0.25) is 4.90 Å². The largest absolute Gasteiger partial charge is 0.465 e. The summed E-state index contributed by atoms with van der Waals surface area (Å²) in [6.07, 6.45) is 7.40. The van der Waals surface area contributed by atoms with Gasteiger partial charge in [0.05, 0.1) is 18.4 Å². The molecule has 2 aromatic rings. The average molecular weight is 301 g/mol. The van der Waals surface area contributed by atoms with E-state index in [2.05, 4.69) is 29.9 Å². The number of fused-ring (bicyclic) bond motifs is 1. The van der Waals surface area contributed by atoms with Gasteiger partial charge in [-0.1, -0.05) is 0 Å². The summed E-state index contributed by atoms with van der Waals surface area (Å²) in [6, 6.07) is 4.70. The monoisotopic (exact) mass is 301 g/mol. The number of methoxy groups -OCH3 is 1. The van der Waals surface area contributed by atoms with Gasteiger partial charge in [-0.05, 0) is 45.4 Å². The second kappa shape index (κ2) is 6.08. The van der Waals surface area contributed by atoms with Gasteiger partial charge in [0, 0.05) is 30.9 Å². The smallest absolute Gasteiger partial charge is 0.338 e. The van der Waals surface area contributed by atoms with Crippen LogP contribution >= 0.6 is 0 Å². The summed E-state index contributed by atoms with van der Waals surface area (Å²) in [6.45, 7) is 5.69. The highest BCUT2D eigenvalue weighted by Crippen LogP contribution is 2.23. The van der Waals surface area contributed by atoms with Crippen molar-refractivity contribution in [3.63, 3.8) is 0 Å². The van der Waals surface area contributed by atoms with E-state index in [9.17, 15) is 4.79 Å². The molecule has 1 saturated heterocycles. The number of esters is 1. The van der Waals surface area contributed by atoms with Crippen LogP contribution in [0.2, 0.25) is 0 Å². The van der Waals surface area contributed by atoms with E-state index in [0.717, 1.165) is 17.8 Å². The summed E-state index contributed by atoms with van der Waals surface area (Å²) >= 11 is 0. The number of likely N-dealkylation sites (tertiary alicyclic amines) is 1. The number of aromatic nitrogens is 2. The molecule has 22 heavy (non-hydrogen) atoms. The lowest BCUT2D eigenvalue weighted by Gasteiger charge is -2.27. The van der Waals surface area contributed by atoms with Gasteiger partial charge in [0.25, 0.3) is 0 Å². The molecule has 1 aliphatic rings. The number of carbonyl (C=O) groups excluding carboxylic acids is 1. The van der Waals surface area contributed by atoms with Crippen molar-refractivity contribution in [2.45, 2.75) is 45.2 Å². The highest BCUT2D eigenvalue weighted by atomic mass is 16.5. The molecule has 5 nitrogen and oxygen atoms in total. The van der Waals surface area contributed by atoms with Crippen molar-refractivity contribution < 1.29 is 9.53 Å². The predicted molar refractivity (Wildman–Crippen MR) is 85.1 cm³/mol. The molecule has 1 atom stereocenters. The van der Waals surface area contributed by atoms with Gasteiger partial charge < -0.3 is 9.14 Å². The number of rotatable bonds is 4. The second-order valence-corrected chi connectivity index (χ2v) is 6.24. The standard InChI is InChI=1S/C17H23N3O2/c1-12(2)20-7-4-5-15(20)10-14-11-19-8-6-13(17(21)22-3)9-16(19)18-14/h6,8-9,11-12,15H,4-5,7,10H2,1-3H3. The van der Waals surface area contributed by atoms with Crippen LogP contribution in [0.15, 0.2) is 24.5 Å². The van der Waals surface area contributed by atoms with Crippen LogP contribution in [0.1, 0.15) is 42.7 Å². The molecule has 118 valence electrons. The first-order valence-electron chi connectivity index (χ1n) is 7.90. The SMILES string of the molecule is COC(=O)c1ccn2cc(CC3CCCN3C(C)C)nc2c1. The quantitative estimate of drug-likeness (QED) is 0.814. The molecule has 0 amide bonds. The zero-order chi connectivity index (χ0) is 15.7. The van der Waals surface area contributed by atoms with Crippen LogP contribution in [0.4, 0.5) is 0 Å². The van der Waals surface area contributed by atoms with Crippen LogP contribution < -0.4 is 0 Å². The fourth-order valence-electron chi connectivity index (χ4n) is 3.38. The van der Waals surface area contributed by atoms with Crippen molar-refractivity contribution in [1.29, 1.82) is 0 Å².